The number of unbranched alkanes of at least 4 members (excludes halogenated alkanes) is 2. The third-order valence-corrected chi connectivity index (χ3v) is 12.3. The van der Waals surface area contributed by atoms with Gasteiger partial charge in [0, 0.05) is 80.5 Å². The summed E-state index contributed by atoms with van der Waals surface area (Å²) in [5.41, 5.74) is 15.2. The van der Waals surface area contributed by atoms with Crippen molar-refractivity contribution in [2.45, 2.75) is 127 Å². The normalized spacial score (nSPS) is 21.6. The topological polar surface area (TPSA) is 299 Å². The molecule has 70 heavy (non-hydrogen) atoms. The lowest BCUT2D eigenvalue weighted by atomic mass is 10.0. The zero-order valence-electron chi connectivity index (χ0n) is 40.5. The van der Waals surface area contributed by atoms with E-state index in [2.05, 4.69) is 66.0 Å². The van der Waals surface area contributed by atoms with Crippen LogP contribution in [0.5, 0.6) is 0 Å². The maximum Gasteiger partial charge on any atom is 0.243 e. The number of amides is 7. The molecule has 1 saturated heterocycles. The molecule has 6 atom stereocenters. The smallest absolute Gasteiger partial charge is 0.243 e. The predicted octanol–water partition coefficient (Wildman–Crippen LogP) is 1.10. The van der Waals surface area contributed by atoms with E-state index in [-0.39, 0.29) is 64.5 Å². The van der Waals surface area contributed by atoms with E-state index in [1.165, 1.54) is 0 Å². The molecule has 20 nitrogen and oxygen atoms in total. The summed E-state index contributed by atoms with van der Waals surface area (Å²) >= 11 is 0. The molecule has 0 radical (unpaired) electrons. The van der Waals surface area contributed by atoms with E-state index in [0.29, 0.717) is 30.2 Å². The van der Waals surface area contributed by atoms with E-state index in [1.54, 1.807) is 43.6 Å². The number of hydrogen-bond acceptors (Lipinski definition) is 11. The predicted molar refractivity (Wildman–Crippen MR) is 268 cm³/mol. The van der Waals surface area contributed by atoms with Crippen molar-refractivity contribution in [3.8, 4) is 0 Å². The number of primary amides is 1. The molecule has 20 heteroatoms. The second-order valence-corrected chi connectivity index (χ2v) is 18.0. The number of rotatable bonds is 19. The van der Waals surface area contributed by atoms with Gasteiger partial charge >= 0.3 is 0 Å². The summed E-state index contributed by atoms with van der Waals surface area (Å²) in [6, 6.07) is 9.25. The Bertz CT molecular complexity index is 2360. The Morgan fingerprint density at radius 3 is 2.24 bits per heavy atom. The fourth-order valence-electron chi connectivity index (χ4n) is 8.29. The lowest BCUT2D eigenvalue weighted by Gasteiger charge is -2.28. The van der Waals surface area contributed by atoms with E-state index in [9.17, 15) is 33.6 Å². The van der Waals surface area contributed by atoms with Gasteiger partial charge in [-0.25, -0.2) is 0 Å². The zero-order valence-corrected chi connectivity index (χ0v) is 40.5. The number of nitrogens with two attached hydrogens (primary N) is 2. The van der Waals surface area contributed by atoms with Crippen LogP contribution < -0.4 is 54.0 Å². The number of benzene rings is 2. The second kappa shape index (κ2) is 27.0. The molecule has 13 N–H and O–H groups in total. The number of H-pyrrole nitrogens is 1. The molecule has 0 saturated carbocycles. The Hall–Kier alpha value is -7.38. The molecule has 0 unspecified atom stereocenters. The number of nitrogens with one attached hydrogen (secondary N) is 9. The van der Waals surface area contributed by atoms with Gasteiger partial charge in [0.1, 0.15) is 36.3 Å². The summed E-state index contributed by atoms with van der Waals surface area (Å²) in [7, 11) is 1.84. The van der Waals surface area contributed by atoms with E-state index >= 15 is 0 Å². The summed E-state index contributed by atoms with van der Waals surface area (Å²) in [6.07, 6.45) is 7.00. The number of aliphatic imine (C=N–C) groups is 1. The van der Waals surface area contributed by atoms with Gasteiger partial charge in [0.15, 0.2) is 0 Å². The van der Waals surface area contributed by atoms with Crippen LogP contribution in [0.4, 0.5) is 0 Å². The Kier molecular flexibility index (Phi) is 20.6. The lowest BCUT2D eigenvalue weighted by Crippen LogP contribution is -2.60. The third kappa shape index (κ3) is 16.7. The van der Waals surface area contributed by atoms with Gasteiger partial charge in [0.2, 0.25) is 41.4 Å². The number of hydrogen-bond donors (Lipinski definition) is 11. The monoisotopic (exact) mass is 966 g/mol. The molecule has 5 rings (SSSR count). The fraction of sp³-hybridized carbons (Fsp3) is 0.480. The Morgan fingerprint density at radius 1 is 0.857 bits per heavy atom. The number of amidine groups is 1. The molecule has 1 aromatic heterocycles. The largest absolute Gasteiger partial charge is 0.388 e. The van der Waals surface area contributed by atoms with E-state index in [4.69, 9.17) is 11.5 Å². The summed E-state index contributed by atoms with van der Waals surface area (Å²) in [4.78, 5) is 108. The number of fused-ring (bicyclic) bond motifs is 1. The summed E-state index contributed by atoms with van der Waals surface area (Å²) in [5, 5.41) is 24.0. The first-order chi connectivity index (χ1) is 33.6. The average molecular weight is 966 g/mol. The third-order valence-electron chi connectivity index (χ3n) is 12.3. The van der Waals surface area contributed by atoms with E-state index in [1.807, 2.05) is 42.3 Å². The first-order valence-corrected chi connectivity index (χ1v) is 24.1. The van der Waals surface area contributed by atoms with Crippen molar-refractivity contribution < 1.29 is 33.6 Å². The molecular weight excluding hydrogens is 895 g/mol. The standard InChI is InChI=1S/C50H71N13O7/c1-5-6-8-14-31(2)57-39-20-21-44(64)55-24-22-40(48(68)60-41(45(52)65)26-34-28-56-37-18-12-11-17-36(34)37)59-46(66)38(19-13-23-54-32(3)51)58-49(69)42(25-33-15-9-7-10-16-33)61-50(70)43(62-47(39)67)27-35-29-53-30-63(35)4/h7,9-12,15-18,28-29,38-43,53,56-57H,2,5-6,8,13-14,19-27,30H2,1,3-4H3,(H2,51,54)(H2,52,65)(H,55,64)(H,58,69)(H,59,66)(H,60,68)(H,61,70)(H,62,67)/t38-,39-,40-,41-,42+,43-/m0/s1. The Labute approximate surface area is 409 Å². The van der Waals surface area contributed by atoms with Gasteiger partial charge < -0.3 is 63.9 Å². The molecule has 7 amide bonds. The van der Waals surface area contributed by atoms with Crippen molar-refractivity contribution in [1.82, 2.24) is 52.4 Å². The minimum atomic E-state index is -1.34. The van der Waals surface area contributed by atoms with Gasteiger partial charge in [-0.3, -0.25) is 38.6 Å². The van der Waals surface area contributed by atoms with Crippen LogP contribution in [0, 0.1) is 0 Å². The lowest BCUT2D eigenvalue weighted by molar-refractivity contribution is -0.135. The number of aromatic amines is 1. The Balaban J connectivity index is 1.50. The quantitative estimate of drug-likeness (QED) is 0.0459. The van der Waals surface area contributed by atoms with Gasteiger partial charge in [-0.15, -0.1) is 0 Å². The number of carbonyl (C=O) groups excluding carboxylic acids is 7. The van der Waals surface area contributed by atoms with Crippen LogP contribution in [0.3, 0.4) is 0 Å². The highest BCUT2D eigenvalue weighted by atomic mass is 16.2. The first kappa shape index (κ1) is 53.6. The van der Waals surface area contributed by atoms with Gasteiger partial charge in [0.05, 0.1) is 12.5 Å². The molecule has 2 aromatic carbocycles. The highest BCUT2D eigenvalue weighted by Gasteiger charge is 2.35. The number of allylic oxidation sites excluding steroid dienone is 1. The van der Waals surface area contributed by atoms with E-state index in [0.717, 1.165) is 41.4 Å². The number of carbonyl (C=O) groups is 7. The zero-order chi connectivity index (χ0) is 50.6. The van der Waals surface area contributed by atoms with Crippen LogP contribution in [-0.2, 0) is 46.4 Å². The van der Waals surface area contributed by atoms with Gasteiger partial charge in [0.25, 0.3) is 0 Å². The fourth-order valence-corrected chi connectivity index (χ4v) is 8.29. The summed E-state index contributed by atoms with van der Waals surface area (Å²) in [6.45, 7) is 8.44. The molecule has 3 aromatic rings. The molecule has 3 heterocycles. The van der Waals surface area contributed by atoms with Crippen LogP contribution in [0.2, 0.25) is 0 Å². The van der Waals surface area contributed by atoms with Crippen LogP contribution in [-0.4, -0.2) is 120 Å². The molecule has 1 fully saturated rings. The van der Waals surface area contributed by atoms with Gasteiger partial charge in [-0.2, -0.15) is 0 Å². The molecule has 0 bridgehead atoms. The van der Waals surface area contributed by atoms with Crippen LogP contribution in [0.15, 0.2) is 90.0 Å². The average Bonchev–Trinajstić information content (AvgIpc) is 3.94. The van der Waals surface area contributed by atoms with Crippen LogP contribution in [0.25, 0.3) is 10.9 Å². The molecular formula is C50H71N13O7. The van der Waals surface area contributed by atoms with Crippen molar-refractivity contribution >= 4 is 58.1 Å². The first-order valence-electron chi connectivity index (χ1n) is 24.1. The molecule has 2 aliphatic rings. The molecule has 0 spiro atoms. The summed E-state index contributed by atoms with van der Waals surface area (Å²) in [5.74, 6) is -4.36. The molecule has 2 aliphatic heterocycles. The van der Waals surface area contributed by atoms with Crippen molar-refractivity contribution in [2.75, 3.05) is 26.8 Å². The van der Waals surface area contributed by atoms with Gasteiger partial charge in [-0.1, -0.05) is 74.9 Å². The van der Waals surface area contributed by atoms with Crippen molar-refractivity contribution in [3.05, 3.63) is 96.1 Å². The number of para-hydroxylation sites is 1. The van der Waals surface area contributed by atoms with E-state index < -0.39 is 77.6 Å². The van der Waals surface area contributed by atoms with Crippen LogP contribution >= 0.6 is 0 Å². The summed E-state index contributed by atoms with van der Waals surface area (Å²) < 4.78 is 0. The number of aromatic nitrogens is 1. The van der Waals surface area contributed by atoms with Gasteiger partial charge in [-0.05, 0) is 62.6 Å². The molecule has 378 valence electrons. The molecule has 0 aliphatic carbocycles. The van der Waals surface area contributed by atoms with Crippen LogP contribution in [0.1, 0.15) is 89.2 Å². The maximum atomic E-state index is 14.6. The van der Waals surface area contributed by atoms with Crippen molar-refractivity contribution in [2.24, 2.45) is 16.5 Å². The minimum absolute atomic E-state index is 0.00613. The Morgan fingerprint density at radius 2 is 1.54 bits per heavy atom. The SMILES string of the molecule is C=C(CCCCC)N[C@H]1CCC(=O)NCC[C@@H](C(=O)N[C@@H](Cc2c[nH]c3ccccc23)C(N)=O)NC(=O)[C@H](CCCN=C(C)N)NC(=O)[C@@H](Cc2ccccc2)NC(=O)[C@H](CC2=CNCN2C)NC1=O. The van der Waals surface area contributed by atoms with Crippen molar-refractivity contribution in [1.29, 1.82) is 0 Å². The highest BCUT2D eigenvalue weighted by molar-refractivity contribution is 5.97. The van der Waals surface area contributed by atoms with Crippen molar-refractivity contribution in [3.63, 3.8) is 0 Å². The highest BCUT2D eigenvalue weighted by Crippen LogP contribution is 2.20. The maximum absolute atomic E-state index is 14.6. The second-order valence-electron chi connectivity index (χ2n) is 18.0. The minimum Gasteiger partial charge on any atom is -0.388 e. The number of nitrogens with zero attached hydrogens (tertiary/aromatic N) is 2.